The molecule has 0 bridgehead atoms. The summed E-state index contributed by atoms with van der Waals surface area (Å²) in [7, 11) is 0. The minimum absolute atomic E-state index is 0.176. The zero-order chi connectivity index (χ0) is 20.9. The van der Waals surface area contributed by atoms with Gasteiger partial charge in [0, 0.05) is 0 Å². The summed E-state index contributed by atoms with van der Waals surface area (Å²) in [5, 5.41) is 0. The average Bonchev–Trinajstić information content (AvgIpc) is 2.73. The molecule has 0 atom stereocenters. The lowest BCUT2D eigenvalue weighted by molar-refractivity contribution is -0.0686. The molecule has 2 aliphatic rings. The highest BCUT2D eigenvalue weighted by Crippen LogP contribution is 2.43. The van der Waals surface area contributed by atoms with Crippen molar-refractivity contribution in [2.75, 3.05) is 0 Å². The molecule has 3 heteroatoms. The monoisotopic (exact) mass is 406 g/mol. The molecule has 29 heavy (non-hydrogen) atoms. The standard InChI is InChI=1S/C26H37F3/c1-3-4-20-9-15-24(16-10-20)25-17-11-22(12-18-25)6-5-21-7-13-23(14-8-21)19(2)26(27,28)29/h7-8,13-14,20,22,24-25H,2-6,9-12,15-18H2,1H3. The summed E-state index contributed by atoms with van der Waals surface area (Å²) >= 11 is 0. The lowest BCUT2D eigenvalue weighted by atomic mass is 9.68. The van der Waals surface area contributed by atoms with Gasteiger partial charge in [-0.3, -0.25) is 0 Å². The van der Waals surface area contributed by atoms with Gasteiger partial charge in [0.05, 0.1) is 5.57 Å². The van der Waals surface area contributed by atoms with E-state index in [-0.39, 0.29) is 5.56 Å². The number of aryl methyl sites for hydroxylation is 1. The van der Waals surface area contributed by atoms with Gasteiger partial charge in [-0.25, -0.2) is 0 Å². The van der Waals surface area contributed by atoms with Gasteiger partial charge in [0.2, 0.25) is 0 Å². The van der Waals surface area contributed by atoms with Gasteiger partial charge in [-0.1, -0.05) is 76.3 Å². The van der Waals surface area contributed by atoms with Gasteiger partial charge in [-0.05, 0) is 73.3 Å². The predicted octanol–water partition coefficient (Wildman–Crippen LogP) is 8.61. The van der Waals surface area contributed by atoms with Crippen molar-refractivity contribution < 1.29 is 13.2 Å². The molecule has 0 nitrogen and oxygen atoms in total. The van der Waals surface area contributed by atoms with Gasteiger partial charge < -0.3 is 0 Å². The lowest BCUT2D eigenvalue weighted by Crippen LogP contribution is -2.26. The Hall–Kier alpha value is -1.25. The van der Waals surface area contributed by atoms with Crippen LogP contribution in [0.3, 0.4) is 0 Å². The van der Waals surface area contributed by atoms with Crippen LogP contribution in [0.1, 0.15) is 88.7 Å². The number of allylic oxidation sites excluding steroid dienone is 1. The molecule has 0 aliphatic heterocycles. The molecule has 0 amide bonds. The Morgan fingerprint density at radius 1 is 0.828 bits per heavy atom. The predicted molar refractivity (Wildman–Crippen MR) is 116 cm³/mol. The molecular weight excluding hydrogens is 369 g/mol. The summed E-state index contributed by atoms with van der Waals surface area (Å²) in [6.07, 6.45) is 11.8. The highest BCUT2D eigenvalue weighted by Gasteiger charge is 2.33. The van der Waals surface area contributed by atoms with E-state index in [4.69, 9.17) is 0 Å². The van der Waals surface area contributed by atoms with E-state index in [1.54, 1.807) is 12.1 Å². The van der Waals surface area contributed by atoms with Crippen LogP contribution in [0.15, 0.2) is 30.8 Å². The van der Waals surface area contributed by atoms with Gasteiger partial charge in [0.15, 0.2) is 0 Å². The summed E-state index contributed by atoms with van der Waals surface area (Å²) in [4.78, 5) is 0. The second-order valence-corrected chi connectivity index (χ2v) is 9.56. The van der Waals surface area contributed by atoms with Crippen molar-refractivity contribution in [3.8, 4) is 0 Å². The van der Waals surface area contributed by atoms with E-state index < -0.39 is 11.7 Å². The van der Waals surface area contributed by atoms with Crippen LogP contribution in [-0.4, -0.2) is 6.18 Å². The molecule has 1 aromatic carbocycles. The Morgan fingerprint density at radius 2 is 1.31 bits per heavy atom. The molecule has 0 N–H and O–H groups in total. The number of rotatable bonds is 7. The molecule has 2 fully saturated rings. The van der Waals surface area contributed by atoms with Crippen LogP contribution in [0.4, 0.5) is 13.2 Å². The fraction of sp³-hybridized carbons (Fsp3) is 0.692. The molecule has 0 aromatic heterocycles. The number of hydrogen-bond donors (Lipinski definition) is 0. The maximum atomic E-state index is 12.7. The first-order chi connectivity index (χ1) is 13.9. The van der Waals surface area contributed by atoms with Crippen molar-refractivity contribution in [2.24, 2.45) is 23.7 Å². The molecule has 0 spiro atoms. The van der Waals surface area contributed by atoms with E-state index in [9.17, 15) is 13.2 Å². The van der Waals surface area contributed by atoms with E-state index in [0.29, 0.717) is 0 Å². The van der Waals surface area contributed by atoms with Crippen molar-refractivity contribution in [3.63, 3.8) is 0 Å². The Kier molecular flexibility index (Phi) is 7.87. The van der Waals surface area contributed by atoms with Crippen molar-refractivity contribution in [3.05, 3.63) is 42.0 Å². The molecule has 0 radical (unpaired) electrons. The first-order valence-electron chi connectivity index (χ1n) is 11.7. The minimum atomic E-state index is -4.35. The summed E-state index contributed by atoms with van der Waals surface area (Å²) in [6, 6.07) is 6.81. The molecule has 0 unspecified atom stereocenters. The van der Waals surface area contributed by atoms with E-state index in [0.717, 1.165) is 42.1 Å². The first kappa shape index (κ1) is 22.4. The average molecular weight is 407 g/mol. The topological polar surface area (TPSA) is 0 Å². The van der Waals surface area contributed by atoms with Gasteiger partial charge in [-0.2, -0.15) is 13.2 Å². The highest BCUT2D eigenvalue weighted by molar-refractivity contribution is 5.67. The van der Waals surface area contributed by atoms with Crippen LogP contribution in [-0.2, 0) is 6.42 Å². The number of benzene rings is 1. The van der Waals surface area contributed by atoms with Crippen molar-refractivity contribution >= 4 is 5.57 Å². The fourth-order valence-electron chi connectivity index (χ4n) is 5.71. The Morgan fingerprint density at radius 3 is 1.76 bits per heavy atom. The molecule has 2 aliphatic carbocycles. The lowest BCUT2D eigenvalue weighted by Gasteiger charge is -2.38. The first-order valence-corrected chi connectivity index (χ1v) is 11.7. The maximum absolute atomic E-state index is 12.7. The van der Waals surface area contributed by atoms with Crippen LogP contribution >= 0.6 is 0 Å². The summed E-state index contributed by atoms with van der Waals surface area (Å²) in [5.41, 5.74) is 0.557. The molecule has 0 saturated heterocycles. The molecule has 3 rings (SSSR count). The van der Waals surface area contributed by atoms with Crippen LogP contribution in [0.2, 0.25) is 0 Å². The van der Waals surface area contributed by atoms with E-state index in [1.807, 2.05) is 12.1 Å². The number of alkyl halides is 3. The largest absolute Gasteiger partial charge is 0.416 e. The van der Waals surface area contributed by atoms with E-state index in [2.05, 4.69) is 13.5 Å². The van der Waals surface area contributed by atoms with Gasteiger partial charge >= 0.3 is 6.18 Å². The summed E-state index contributed by atoms with van der Waals surface area (Å²) < 4.78 is 38.2. The van der Waals surface area contributed by atoms with Crippen LogP contribution < -0.4 is 0 Å². The van der Waals surface area contributed by atoms with E-state index >= 15 is 0 Å². The Bertz CT molecular complexity index is 627. The van der Waals surface area contributed by atoms with Crippen LogP contribution in [0, 0.1) is 23.7 Å². The maximum Gasteiger partial charge on any atom is 0.416 e. The Balaban J connectivity index is 1.39. The van der Waals surface area contributed by atoms with Crippen LogP contribution in [0.5, 0.6) is 0 Å². The zero-order valence-corrected chi connectivity index (χ0v) is 17.9. The Labute approximate surface area is 175 Å². The second-order valence-electron chi connectivity index (χ2n) is 9.56. The summed E-state index contributed by atoms with van der Waals surface area (Å²) in [5.74, 6) is 3.69. The van der Waals surface area contributed by atoms with Crippen molar-refractivity contribution in [1.82, 2.24) is 0 Å². The normalized spacial score (nSPS) is 28.3. The third-order valence-electron chi connectivity index (χ3n) is 7.63. The van der Waals surface area contributed by atoms with Gasteiger partial charge in [0.1, 0.15) is 0 Å². The smallest absolute Gasteiger partial charge is 0.166 e. The third-order valence-corrected chi connectivity index (χ3v) is 7.63. The fourth-order valence-corrected chi connectivity index (χ4v) is 5.71. The molecule has 1 aromatic rings. The van der Waals surface area contributed by atoms with E-state index in [1.165, 1.54) is 64.2 Å². The van der Waals surface area contributed by atoms with Gasteiger partial charge in [0.25, 0.3) is 0 Å². The number of halogens is 3. The molecule has 162 valence electrons. The zero-order valence-electron chi connectivity index (χ0n) is 17.9. The summed E-state index contributed by atoms with van der Waals surface area (Å²) in [6.45, 7) is 5.49. The minimum Gasteiger partial charge on any atom is -0.166 e. The third kappa shape index (κ3) is 6.36. The van der Waals surface area contributed by atoms with Gasteiger partial charge in [-0.15, -0.1) is 0 Å². The SMILES string of the molecule is C=C(c1ccc(CCC2CCC(C3CCC(CCC)CC3)CC2)cc1)C(F)(F)F. The molecule has 0 heterocycles. The molecule has 2 saturated carbocycles. The van der Waals surface area contributed by atoms with Crippen molar-refractivity contribution in [2.45, 2.75) is 90.1 Å². The van der Waals surface area contributed by atoms with Crippen molar-refractivity contribution in [1.29, 1.82) is 0 Å². The number of hydrogen-bond acceptors (Lipinski definition) is 0. The highest BCUT2D eigenvalue weighted by atomic mass is 19.4. The second kappa shape index (κ2) is 10.2. The quantitative estimate of drug-likeness (QED) is 0.425. The molecular formula is C26H37F3. The van der Waals surface area contributed by atoms with Crippen LogP contribution in [0.25, 0.3) is 5.57 Å².